The second-order valence-corrected chi connectivity index (χ2v) is 4.11. The average molecular weight is 250 g/mol. The SMILES string of the molecule is O=C(O)c1c(-c2ccccc2)cnc2ccncc12. The van der Waals surface area contributed by atoms with Crippen molar-refractivity contribution < 1.29 is 9.90 Å². The van der Waals surface area contributed by atoms with Gasteiger partial charge in [-0.1, -0.05) is 30.3 Å². The second-order valence-electron chi connectivity index (χ2n) is 4.11. The van der Waals surface area contributed by atoms with E-state index in [9.17, 15) is 9.90 Å². The Bertz CT molecular complexity index is 754. The van der Waals surface area contributed by atoms with Gasteiger partial charge in [0.25, 0.3) is 0 Å². The minimum Gasteiger partial charge on any atom is -0.478 e. The standard InChI is InChI=1S/C15H10N2O2/c18-15(19)14-11(10-4-2-1-3-5-10)9-17-13-6-7-16-8-12(13)14/h1-9H,(H,18,19). The summed E-state index contributed by atoms with van der Waals surface area (Å²) in [5, 5.41) is 10.0. The van der Waals surface area contributed by atoms with Crippen molar-refractivity contribution in [1.29, 1.82) is 0 Å². The molecule has 0 radical (unpaired) electrons. The third-order valence-electron chi connectivity index (χ3n) is 2.97. The van der Waals surface area contributed by atoms with E-state index < -0.39 is 5.97 Å². The maximum atomic E-state index is 11.6. The lowest BCUT2D eigenvalue weighted by Gasteiger charge is -2.08. The van der Waals surface area contributed by atoms with Crippen molar-refractivity contribution in [2.24, 2.45) is 0 Å². The predicted octanol–water partition coefficient (Wildman–Crippen LogP) is 3.00. The quantitative estimate of drug-likeness (QED) is 0.759. The van der Waals surface area contributed by atoms with Gasteiger partial charge in [-0.25, -0.2) is 4.79 Å². The first-order valence-corrected chi connectivity index (χ1v) is 5.79. The number of hydrogen-bond donors (Lipinski definition) is 1. The van der Waals surface area contributed by atoms with Gasteiger partial charge in [0.2, 0.25) is 0 Å². The molecule has 3 rings (SSSR count). The zero-order valence-electron chi connectivity index (χ0n) is 9.95. The number of pyridine rings is 2. The van der Waals surface area contributed by atoms with E-state index in [4.69, 9.17) is 0 Å². The average Bonchev–Trinajstić information content (AvgIpc) is 2.46. The molecule has 0 atom stereocenters. The maximum absolute atomic E-state index is 11.6. The summed E-state index contributed by atoms with van der Waals surface area (Å²) < 4.78 is 0. The van der Waals surface area contributed by atoms with E-state index in [0.717, 1.165) is 5.56 Å². The lowest BCUT2D eigenvalue weighted by Crippen LogP contribution is -2.02. The Hall–Kier alpha value is -2.75. The van der Waals surface area contributed by atoms with E-state index in [1.165, 1.54) is 6.20 Å². The molecule has 0 amide bonds. The van der Waals surface area contributed by atoms with Gasteiger partial charge in [0.15, 0.2) is 0 Å². The fraction of sp³-hybridized carbons (Fsp3) is 0. The predicted molar refractivity (Wildman–Crippen MR) is 71.9 cm³/mol. The fourth-order valence-corrected chi connectivity index (χ4v) is 2.10. The Balaban J connectivity index is 2.37. The molecule has 2 heterocycles. The number of nitrogens with zero attached hydrogens (tertiary/aromatic N) is 2. The third-order valence-corrected chi connectivity index (χ3v) is 2.97. The van der Waals surface area contributed by atoms with Crippen LogP contribution in [-0.4, -0.2) is 21.0 Å². The Morgan fingerprint density at radius 3 is 2.58 bits per heavy atom. The first-order valence-electron chi connectivity index (χ1n) is 5.79. The number of carbonyl (C=O) groups is 1. The molecule has 92 valence electrons. The summed E-state index contributed by atoms with van der Waals surface area (Å²) >= 11 is 0. The highest BCUT2D eigenvalue weighted by Gasteiger charge is 2.16. The smallest absolute Gasteiger partial charge is 0.337 e. The molecule has 0 unspecified atom stereocenters. The fourth-order valence-electron chi connectivity index (χ4n) is 2.10. The van der Waals surface area contributed by atoms with Gasteiger partial charge in [0, 0.05) is 29.5 Å². The van der Waals surface area contributed by atoms with Crippen LogP contribution in [0.15, 0.2) is 55.0 Å². The van der Waals surface area contributed by atoms with E-state index in [2.05, 4.69) is 9.97 Å². The van der Waals surface area contributed by atoms with Crippen LogP contribution in [-0.2, 0) is 0 Å². The molecule has 0 fully saturated rings. The second kappa shape index (κ2) is 4.49. The molecule has 4 heteroatoms. The highest BCUT2D eigenvalue weighted by atomic mass is 16.4. The monoisotopic (exact) mass is 250 g/mol. The molecule has 0 saturated heterocycles. The van der Waals surface area contributed by atoms with Crippen LogP contribution in [0.1, 0.15) is 10.4 Å². The van der Waals surface area contributed by atoms with Crippen LogP contribution in [0.5, 0.6) is 0 Å². The number of carboxylic acids is 1. The van der Waals surface area contributed by atoms with Gasteiger partial charge < -0.3 is 5.11 Å². The Morgan fingerprint density at radius 2 is 1.84 bits per heavy atom. The molecule has 3 aromatic rings. The largest absolute Gasteiger partial charge is 0.478 e. The van der Waals surface area contributed by atoms with Crippen molar-refractivity contribution in [2.45, 2.75) is 0 Å². The van der Waals surface area contributed by atoms with Crippen molar-refractivity contribution in [3.8, 4) is 11.1 Å². The van der Waals surface area contributed by atoms with Crippen molar-refractivity contribution in [1.82, 2.24) is 9.97 Å². The van der Waals surface area contributed by atoms with Crippen molar-refractivity contribution >= 4 is 16.9 Å². The van der Waals surface area contributed by atoms with Crippen LogP contribution < -0.4 is 0 Å². The van der Waals surface area contributed by atoms with Crippen LogP contribution in [0, 0.1) is 0 Å². The van der Waals surface area contributed by atoms with Gasteiger partial charge in [0.1, 0.15) is 0 Å². The topological polar surface area (TPSA) is 63.1 Å². The molecule has 0 aliphatic carbocycles. The number of benzene rings is 1. The van der Waals surface area contributed by atoms with Gasteiger partial charge in [-0.2, -0.15) is 0 Å². The molecule has 0 spiro atoms. The molecular weight excluding hydrogens is 240 g/mol. The van der Waals surface area contributed by atoms with Crippen molar-refractivity contribution in [3.05, 3.63) is 60.6 Å². The van der Waals surface area contributed by atoms with E-state index >= 15 is 0 Å². The summed E-state index contributed by atoms with van der Waals surface area (Å²) in [6.45, 7) is 0. The first-order chi connectivity index (χ1) is 9.27. The summed E-state index contributed by atoms with van der Waals surface area (Å²) in [4.78, 5) is 19.8. The summed E-state index contributed by atoms with van der Waals surface area (Å²) in [6, 6.07) is 11.1. The molecule has 0 saturated carbocycles. The zero-order chi connectivity index (χ0) is 13.2. The molecule has 2 aromatic heterocycles. The summed E-state index contributed by atoms with van der Waals surface area (Å²) in [6.07, 6.45) is 4.74. The van der Waals surface area contributed by atoms with Gasteiger partial charge in [-0.15, -0.1) is 0 Å². The normalized spacial score (nSPS) is 10.5. The molecule has 0 aliphatic rings. The molecule has 19 heavy (non-hydrogen) atoms. The van der Waals surface area contributed by atoms with E-state index in [0.29, 0.717) is 16.5 Å². The minimum absolute atomic E-state index is 0.240. The molecule has 0 aliphatic heterocycles. The first kappa shape index (κ1) is 11.3. The van der Waals surface area contributed by atoms with Crippen LogP contribution in [0.25, 0.3) is 22.0 Å². The number of hydrogen-bond acceptors (Lipinski definition) is 3. The number of rotatable bonds is 2. The zero-order valence-corrected chi connectivity index (χ0v) is 9.95. The van der Waals surface area contributed by atoms with Gasteiger partial charge in [0.05, 0.1) is 11.1 Å². The van der Waals surface area contributed by atoms with Crippen LogP contribution >= 0.6 is 0 Å². The summed E-state index contributed by atoms with van der Waals surface area (Å²) in [7, 11) is 0. The number of aromatic carboxylic acids is 1. The lowest BCUT2D eigenvalue weighted by atomic mass is 9.99. The van der Waals surface area contributed by atoms with E-state index in [-0.39, 0.29) is 5.56 Å². The molecular formula is C15H10N2O2. The summed E-state index contributed by atoms with van der Waals surface area (Å²) in [5.41, 5.74) is 2.31. The van der Waals surface area contributed by atoms with Crippen LogP contribution in [0.4, 0.5) is 0 Å². The van der Waals surface area contributed by atoms with E-state index in [1.54, 1.807) is 18.5 Å². The number of fused-ring (bicyclic) bond motifs is 1. The number of carboxylic acid groups (broad SMARTS) is 1. The molecule has 1 aromatic carbocycles. The molecule has 4 nitrogen and oxygen atoms in total. The van der Waals surface area contributed by atoms with Crippen molar-refractivity contribution in [3.63, 3.8) is 0 Å². The highest BCUT2D eigenvalue weighted by Crippen LogP contribution is 2.28. The Labute approximate surface area is 109 Å². The molecule has 0 bridgehead atoms. The van der Waals surface area contributed by atoms with Gasteiger partial charge >= 0.3 is 5.97 Å². The highest BCUT2D eigenvalue weighted by molar-refractivity contribution is 6.07. The Kier molecular flexibility index (Phi) is 2.68. The van der Waals surface area contributed by atoms with Crippen molar-refractivity contribution in [2.75, 3.05) is 0 Å². The van der Waals surface area contributed by atoms with Gasteiger partial charge in [-0.05, 0) is 11.6 Å². The maximum Gasteiger partial charge on any atom is 0.337 e. The van der Waals surface area contributed by atoms with Gasteiger partial charge in [-0.3, -0.25) is 9.97 Å². The third kappa shape index (κ3) is 1.93. The summed E-state index contributed by atoms with van der Waals surface area (Å²) in [5.74, 6) is -0.973. The molecule has 1 N–H and O–H groups in total. The lowest BCUT2D eigenvalue weighted by molar-refractivity contribution is 0.0700. The Morgan fingerprint density at radius 1 is 1.05 bits per heavy atom. The minimum atomic E-state index is -0.973. The number of aromatic nitrogens is 2. The van der Waals surface area contributed by atoms with E-state index in [1.807, 2.05) is 30.3 Å². The van der Waals surface area contributed by atoms with Crippen LogP contribution in [0.3, 0.4) is 0 Å². The van der Waals surface area contributed by atoms with Crippen LogP contribution in [0.2, 0.25) is 0 Å².